The maximum absolute atomic E-state index is 12.4. The van der Waals surface area contributed by atoms with Crippen LogP contribution in [0.4, 0.5) is 5.82 Å². The Hall–Kier alpha value is -2.56. The van der Waals surface area contributed by atoms with Crippen molar-refractivity contribution in [2.75, 3.05) is 5.73 Å². The number of carbonyl (C=O) groups excluding carboxylic acids is 1. The first-order valence-electron chi connectivity index (χ1n) is 10.4. The second-order valence-corrected chi connectivity index (χ2v) is 11.0. The van der Waals surface area contributed by atoms with Crippen molar-refractivity contribution >= 4 is 56.4 Å². The molecule has 0 saturated carbocycles. The van der Waals surface area contributed by atoms with Crippen LogP contribution in [0.25, 0.3) is 10.2 Å². The lowest BCUT2D eigenvalue weighted by molar-refractivity contribution is 0.0950. The minimum atomic E-state index is -0.220. The molecule has 1 atom stereocenters. The van der Waals surface area contributed by atoms with Crippen molar-refractivity contribution in [2.24, 2.45) is 5.92 Å². The molecule has 1 aromatic carbocycles. The Labute approximate surface area is 197 Å². The Morgan fingerprint density at radius 2 is 2.06 bits per heavy atom. The van der Waals surface area contributed by atoms with Crippen LogP contribution in [0.1, 0.15) is 44.2 Å². The molecule has 10 heteroatoms. The molecule has 1 unspecified atom stereocenters. The van der Waals surface area contributed by atoms with Crippen molar-refractivity contribution in [2.45, 2.75) is 43.6 Å². The van der Waals surface area contributed by atoms with E-state index in [0.29, 0.717) is 34.2 Å². The van der Waals surface area contributed by atoms with E-state index < -0.39 is 0 Å². The van der Waals surface area contributed by atoms with Crippen molar-refractivity contribution in [3.05, 3.63) is 56.4 Å². The summed E-state index contributed by atoms with van der Waals surface area (Å²) in [6, 6.07) is 9.77. The summed E-state index contributed by atoms with van der Waals surface area (Å²) >= 11 is 4.49. The number of fused-ring (bicyclic) bond motifs is 3. The van der Waals surface area contributed by atoms with Crippen molar-refractivity contribution in [3.63, 3.8) is 0 Å². The lowest BCUT2D eigenvalue weighted by Gasteiger charge is -2.17. The van der Waals surface area contributed by atoms with Gasteiger partial charge < -0.3 is 11.1 Å². The summed E-state index contributed by atoms with van der Waals surface area (Å²) in [5.41, 5.74) is 8.70. The van der Waals surface area contributed by atoms with Crippen LogP contribution in [0.3, 0.4) is 0 Å². The molecule has 7 nitrogen and oxygen atoms in total. The summed E-state index contributed by atoms with van der Waals surface area (Å²) in [4.78, 5) is 24.0. The maximum atomic E-state index is 12.4. The monoisotopic (exact) mass is 482 g/mol. The zero-order valence-corrected chi connectivity index (χ0v) is 19.9. The number of nitrogen functional groups attached to an aromatic ring is 1. The Kier molecular flexibility index (Phi) is 6.07. The number of amides is 1. The molecule has 0 aliphatic heterocycles. The third kappa shape index (κ3) is 4.48. The summed E-state index contributed by atoms with van der Waals surface area (Å²) in [6.07, 6.45) is 3.34. The topological polar surface area (TPSA) is 107 Å². The van der Waals surface area contributed by atoms with Crippen molar-refractivity contribution in [3.8, 4) is 0 Å². The van der Waals surface area contributed by atoms with Crippen LogP contribution in [0, 0.1) is 5.92 Å². The number of anilines is 1. The number of thiophene rings is 1. The fourth-order valence-corrected chi connectivity index (χ4v) is 6.84. The zero-order valence-electron chi connectivity index (χ0n) is 17.5. The number of hydrogen-bond donors (Lipinski definition) is 2. The van der Waals surface area contributed by atoms with Gasteiger partial charge in [0.25, 0.3) is 5.91 Å². The lowest BCUT2D eigenvalue weighted by atomic mass is 9.89. The van der Waals surface area contributed by atoms with E-state index in [9.17, 15) is 4.79 Å². The second-order valence-electron chi connectivity index (χ2n) is 7.88. The second kappa shape index (κ2) is 9.13. The van der Waals surface area contributed by atoms with Gasteiger partial charge in [0.05, 0.1) is 11.1 Å². The quantitative estimate of drug-likeness (QED) is 0.308. The van der Waals surface area contributed by atoms with Crippen LogP contribution in [-0.2, 0) is 25.1 Å². The van der Waals surface area contributed by atoms with Gasteiger partial charge in [-0.3, -0.25) is 4.79 Å². The molecule has 0 radical (unpaired) electrons. The first-order valence-corrected chi connectivity index (χ1v) is 13.0. The molecule has 4 aromatic rings. The van der Waals surface area contributed by atoms with Crippen molar-refractivity contribution < 1.29 is 4.79 Å². The summed E-state index contributed by atoms with van der Waals surface area (Å²) < 4.78 is 0. The number of nitrogens with zero attached hydrogens (tertiary/aromatic N) is 4. The minimum Gasteiger partial charge on any atom is -0.383 e. The molecule has 3 aromatic heterocycles. The fraction of sp³-hybridized carbons (Fsp3) is 0.318. The minimum absolute atomic E-state index is 0.220. The van der Waals surface area contributed by atoms with Gasteiger partial charge in [-0.25, -0.2) is 9.97 Å². The van der Waals surface area contributed by atoms with Crippen LogP contribution in [-0.4, -0.2) is 26.1 Å². The number of rotatable bonds is 6. The smallest absolute Gasteiger partial charge is 0.282 e. The van der Waals surface area contributed by atoms with Gasteiger partial charge in [0.15, 0.2) is 5.16 Å². The molecular formula is C22H22N6OS3. The highest BCUT2D eigenvalue weighted by molar-refractivity contribution is 7.98. The average molecular weight is 483 g/mol. The van der Waals surface area contributed by atoms with E-state index in [2.05, 4.69) is 27.4 Å². The van der Waals surface area contributed by atoms with Gasteiger partial charge in [0.1, 0.15) is 15.7 Å². The lowest BCUT2D eigenvalue weighted by Crippen LogP contribution is -2.22. The van der Waals surface area contributed by atoms with Crippen molar-refractivity contribution in [1.82, 2.24) is 25.5 Å². The van der Waals surface area contributed by atoms with Gasteiger partial charge in [-0.2, -0.15) is 0 Å². The maximum Gasteiger partial charge on any atom is 0.282 e. The normalized spacial score (nSPS) is 15.6. The predicted octanol–water partition coefficient (Wildman–Crippen LogP) is 4.47. The zero-order chi connectivity index (χ0) is 22.1. The van der Waals surface area contributed by atoms with Gasteiger partial charge in [-0.05, 0) is 36.3 Å². The molecule has 0 saturated heterocycles. The van der Waals surface area contributed by atoms with E-state index in [1.54, 1.807) is 11.3 Å². The predicted molar refractivity (Wildman–Crippen MR) is 130 cm³/mol. The molecule has 5 rings (SSSR count). The van der Waals surface area contributed by atoms with E-state index in [1.807, 2.05) is 30.3 Å². The summed E-state index contributed by atoms with van der Waals surface area (Å²) in [5.74, 6) is 1.58. The van der Waals surface area contributed by atoms with Crippen LogP contribution in [0.15, 0.2) is 35.5 Å². The highest BCUT2D eigenvalue weighted by atomic mass is 32.2. The highest BCUT2D eigenvalue weighted by Gasteiger charge is 2.23. The third-order valence-corrected chi connectivity index (χ3v) is 8.56. The molecular weight excluding hydrogens is 460 g/mol. The molecule has 1 amide bonds. The number of hydrogen-bond acceptors (Lipinski definition) is 9. The number of nitrogens with two attached hydrogens (primary N) is 1. The molecule has 32 heavy (non-hydrogen) atoms. The number of benzene rings is 1. The van der Waals surface area contributed by atoms with Crippen LogP contribution in [0.5, 0.6) is 0 Å². The molecule has 0 fully saturated rings. The van der Waals surface area contributed by atoms with Gasteiger partial charge in [-0.1, -0.05) is 60.4 Å². The Balaban J connectivity index is 1.24. The standard InChI is InChI=1S/C22H22N6OS3/c1-12-7-8-14-15(9-12)31-20-17(14)18(23)25-22(26-20)30-11-16-27-28-21(32-16)19(29)24-10-13-5-3-2-4-6-13/h2-6,12H,7-11H2,1H3,(H,24,29)(H2,23,25,26). The van der Waals surface area contributed by atoms with E-state index in [0.717, 1.165) is 33.6 Å². The van der Waals surface area contributed by atoms with Crippen molar-refractivity contribution in [1.29, 1.82) is 0 Å². The first kappa shape index (κ1) is 21.3. The third-order valence-electron chi connectivity index (χ3n) is 5.44. The molecule has 3 heterocycles. The van der Waals surface area contributed by atoms with E-state index >= 15 is 0 Å². The van der Waals surface area contributed by atoms with Gasteiger partial charge >= 0.3 is 0 Å². The summed E-state index contributed by atoms with van der Waals surface area (Å²) in [5, 5.41) is 13.8. The SMILES string of the molecule is CC1CCc2c(sc3nc(SCc4nnc(C(=O)NCc5ccccc5)s4)nc(N)c23)C1. The van der Waals surface area contributed by atoms with Crippen LogP contribution < -0.4 is 11.1 Å². The molecule has 3 N–H and O–H groups in total. The summed E-state index contributed by atoms with van der Waals surface area (Å²) in [7, 11) is 0. The number of aryl methyl sites for hydroxylation is 1. The number of carbonyl (C=O) groups is 1. The Morgan fingerprint density at radius 3 is 2.91 bits per heavy atom. The molecule has 0 bridgehead atoms. The Morgan fingerprint density at radius 1 is 1.22 bits per heavy atom. The molecule has 164 valence electrons. The van der Waals surface area contributed by atoms with E-state index in [4.69, 9.17) is 10.7 Å². The molecule has 0 spiro atoms. The molecule has 1 aliphatic carbocycles. The van der Waals surface area contributed by atoms with Crippen LogP contribution >= 0.6 is 34.4 Å². The van der Waals surface area contributed by atoms with E-state index in [-0.39, 0.29) is 5.91 Å². The highest BCUT2D eigenvalue weighted by Crippen LogP contribution is 2.40. The Bertz CT molecular complexity index is 1270. The number of thioether (sulfide) groups is 1. The van der Waals surface area contributed by atoms with Gasteiger partial charge in [-0.15, -0.1) is 21.5 Å². The largest absolute Gasteiger partial charge is 0.383 e. The molecule has 1 aliphatic rings. The first-order chi connectivity index (χ1) is 15.6. The average Bonchev–Trinajstić information content (AvgIpc) is 3.41. The fourth-order valence-electron chi connectivity index (χ4n) is 3.80. The van der Waals surface area contributed by atoms with Gasteiger partial charge in [0, 0.05) is 11.4 Å². The van der Waals surface area contributed by atoms with E-state index in [1.165, 1.54) is 40.0 Å². The van der Waals surface area contributed by atoms with Gasteiger partial charge in [0.2, 0.25) is 5.01 Å². The van der Waals surface area contributed by atoms with Crippen LogP contribution in [0.2, 0.25) is 0 Å². The number of aromatic nitrogens is 4. The summed E-state index contributed by atoms with van der Waals surface area (Å²) in [6.45, 7) is 2.75. The number of nitrogens with one attached hydrogen (secondary N) is 1.